The van der Waals surface area contributed by atoms with Crippen LogP contribution in [0.25, 0.3) is 136 Å². The van der Waals surface area contributed by atoms with Gasteiger partial charge >= 0.3 is 0 Å². The lowest BCUT2D eigenvalue weighted by molar-refractivity contribution is 0.670. The van der Waals surface area contributed by atoms with E-state index in [1.807, 2.05) is 30.3 Å². The van der Waals surface area contributed by atoms with E-state index < -0.39 is 0 Å². The zero-order valence-electron chi connectivity index (χ0n) is 33.6. The van der Waals surface area contributed by atoms with E-state index in [4.69, 9.17) is 19.4 Å². The van der Waals surface area contributed by atoms with Crippen LogP contribution in [0.15, 0.2) is 199 Å². The first-order valence-electron chi connectivity index (χ1n) is 21.2. The van der Waals surface area contributed by atoms with E-state index in [1.165, 1.54) is 63.5 Å². The molecule has 0 aliphatic heterocycles. The second-order valence-corrected chi connectivity index (χ2v) is 17.4. The second kappa shape index (κ2) is 13.2. The van der Waals surface area contributed by atoms with Crippen LogP contribution in [0.1, 0.15) is 0 Å². The van der Waals surface area contributed by atoms with Crippen molar-refractivity contribution in [3.8, 4) is 39.9 Å². The van der Waals surface area contributed by atoms with Gasteiger partial charge in [0, 0.05) is 58.5 Å². The smallest absolute Gasteiger partial charge is 0.167 e. The summed E-state index contributed by atoms with van der Waals surface area (Å²) in [7, 11) is 0. The summed E-state index contributed by atoms with van der Waals surface area (Å²) < 4.78 is 11.7. The van der Waals surface area contributed by atoms with Gasteiger partial charge in [-0.05, 0) is 86.9 Å². The first-order chi connectivity index (χ1) is 31.2. The lowest BCUT2D eigenvalue weighted by Crippen LogP contribution is -2.00. The molecule has 6 heteroatoms. The minimum atomic E-state index is 0.557. The van der Waals surface area contributed by atoms with Crippen molar-refractivity contribution in [3.63, 3.8) is 0 Å². The van der Waals surface area contributed by atoms with E-state index >= 15 is 0 Å². The molecule has 0 aliphatic rings. The average Bonchev–Trinajstić information content (AvgIpc) is 4.02. The Kier molecular flexibility index (Phi) is 7.21. The van der Waals surface area contributed by atoms with Crippen molar-refractivity contribution in [2.45, 2.75) is 0 Å². The van der Waals surface area contributed by atoms with Crippen LogP contribution in [0.4, 0.5) is 0 Å². The van der Waals surface area contributed by atoms with Crippen LogP contribution in [0.5, 0.6) is 0 Å². The summed E-state index contributed by atoms with van der Waals surface area (Å²) in [6.45, 7) is 0. The van der Waals surface area contributed by atoms with Gasteiger partial charge in [0.1, 0.15) is 11.2 Å². The number of fused-ring (bicyclic) bond motifs is 14. The molecular weight excluding hydrogens is 789 g/mol. The number of thiophene rings is 1. The van der Waals surface area contributed by atoms with Gasteiger partial charge in [0.15, 0.2) is 17.5 Å². The largest absolute Gasteiger partial charge is 0.455 e. The van der Waals surface area contributed by atoms with Crippen molar-refractivity contribution < 1.29 is 4.42 Å². The van der Waals surface area contributed by atoms with Crippen molar-refractivity contribution in [1.82, 2.24) is 19.5 Å². The van der Waals surface area contributed by atoms with E-state index in [-0.39, 0.29) is 0 Å². The molecule has 5 nitrogen and oxygen atoms in total. The summed E-state index contributed by atoms with van der Waals surface area (Å²) in [5.74, 6) is 1.78. The van der Waals surface area contributed by atoms with Gasteiger partial charge < -0.3 is 8.98 Å². The highest BCUT2D eigenvalue weighted by molar-refractivity contribution is 7.25. The lowest BCUT2D eigenvalue weighted by Gasteiger charge is -2.13. The SMILES string of the molecule is c1ccc(-c2nc(-c3ccc4c(c3)sc3ccccc34)nc(-c3cc4cc(-n5c6cc7ccccc7cc6c6c7ccccc7ccc65)ccc4c4c3oc3ccccc34)n2)cc1. The summed E-state index contributed by atoms with van der Waals surface area (Å²) >= 11 is 1.79. The quantitative estimate of drug-likeness (QED) is 0.177. The molecule has 14 aromatic rings. The molecule has 0 saturated carbocycles. The van der Waals surface area contributed by atoms with E-state index in [0.29, 0.717) is 17.5 Å². The van der Waals surface area contributed by atoms with Crippen molar-refractivity contribution in [1.29, 1.82) is 0 Å². The summed E-state index contributed by atoms with van der Waals surface area (Å²) in [4.78, 5) is 15.7. The normalized spacial score (nSPS) is 12.1. The van der Waals surface area contributed by atoms with E-state index in [0.717, 1.165) is 55.1 Å². The van der Waals surface area contributed by atoms with E-state index in [9.17, 15) is 0 Å². The fourth-order valence-corrected chi connectivity index (χ4v) is 11.0. The zero-order valence-corrected chi connectivity index (χ0v) is 34.4. The van der Waals surface area contributed by atoms with Gasteiger partial charge in [-0.25, -0.2) is 15.0 Å². The number of hydrogen-bond acceptors (Lipinski definition) is 5. The summed E-state index contributed by atoms with van der Waals surface area (Å²) in [5.41, 5.74) is 7.64. The van der Waals surface area contributed by atoms with Crippen molar-refractivity contribution in [2.75, 3.05) is 0 Å². The molecule has 0 unspecified atom stereocenters. The van der Waals surface area contributed by atoms with Crippen molar-refractivity contribution in [2.24, 2.45) is 0 Å². The predicted molar refractivity (Wildman–Crippen MR) is 263 cm³/mol. The van der Waals surface area contributed by atoms with Crippen LogP contribution < -0.4 is 0 Å². The first-order valence-corrected chi connectivity index (χ1v) is 22.0. The van der Waals surface area contributed by atoms with Crippen LogP contribution in [-0.4, -0.2) is 19.5 Å². The molecule has 0 bridgehead atoms. The molecule has 0 spiro atoms. The van der Waals surface area contributed by atoms with Crippen LogP contribution in [0, 0.1) is 0 Å². The third-order valence-electron chi connectivity index (χ3n) is 12.8. The Hall–Kier alpha value is -8.19. The third-order valence-corrected chi connectivity index (χ3v) is 13.9. The van der Waals surface area contributed by atoms with Crippen molar-refractivity contribution >= 4 is 108 Å². The Labute approximate surface area is 363 Å². The highest BCUT2D eigenvalue weighted by atomic mass is 32.1. The van der Waals surface area contributed by atoms with Gasteiger partial charge in [-0.15, -0.1) is 11.3 Å². The molecule has 0 aliphatic carbocycles. The Morgan fingerprint density at radius 2 is 1.05 bits per heavy atom. The molecule has 4 aromatic heterocycles. The van der Waals surface area contributed by atoms with Gasteiger partial charge in [0.05, 0.1) is 16.6 Å². The molecule has 292 valence electrons. The molecule has 0 N–H and O–H groups in total. The van der Waals surface area contributed by atoms with Crippen LogP contribution in [0.2, 0.25) is 0 Å². The Morgan fingerprint density at radius 3 is 1.92 bits per heavy atom. The van der Waals surface area contributed by atoms with Gasteiger partial charge in [0.2, 0.25) is 0 Å². The minimum absolute atomic E-state index is 0.557. The van der Waals surface area contributed by atoms with Crippen LogP contribution in [0.3, 0.4) is 0 Å². The highest BCUT2D eigenvalue weighted by Gasteiger charge is 2.22. The van der Waals surface area contributed by atoms with Gasteiger partial charge in [-0.1, -0.05) is 140 Å². The number of aromatic nitrogens is 4. The number of nitrogens with zero attached hydrogens (tertiary/aromatic N) is 4. The maximum absolute atomic E-state index is 6.82. The number of para-hydroxylation sites is 1. The van der Waals surface area contributed by atoms with E-state index in [1.54, 1.807) is 11.3 Å². The number of benzene rings is 10. The summed E-state index contributed by atoms with van der Waals surface area (Å²) in [5, 5.41) is 14.1. The maximum Gasteiger partial charge on any atom is 0.167 e. The van der Waals surface area contributed by atoms with Crippen molar-refractivity contribution in [3.05, 3.63) is 194 Å². The van der Waals surface area contributed by atoms with Gasteiger partial charge in [0.25, 0.3) is 0 Å². The highest BCUT2D eigenvalue weighted by Crippen LogP contribution is 2.44. The second-order valence-electron chi connectivity index (χ2n) is 16.3. The van der Waals surface area contributed by atoms with Crippen LogP contribution >= 0.6 is 11.3 Å². The third kappa shape index (κ3) is 5.19. The minimum Gasteiger partial charge on any atom is -0.455 e. The lowest BCUT2D eigenvalue weighted by atomic mass is 9.99. The van der Waals surface area contributed by atoms with Gasteiger partial charge in [-0.3, -0.25) is 0 Å². The number of furan rings is 1. The molecule has 63 heavy (non-hydrogen) atoms. The molecule has 0 saturated heterocycles. The molecular formula is C57H32N4OS. The Balaban J connectivity index is 1.05. The zero-order chi connectivity index (χ0) is 41.2. The van der Waals surface area contributed by atoms with E-state index in [2.05, 4.69) is 168 Å². The fraction of sp³-hybridized carbons (Fsp3) is 0. The molecule has 14 rings (SSSR count). The summed E-state index contributed by atoms with van der Waals surface area (Å²) in [6, 6.07) is 69.2. The standard InChI is InChI=1S/C57H32N4OS/c1-2-13-34(14-3-1)55-58-56(37-22-25-43-42-18-9-11-21-50(42)63-51(43)32-37)60-57(59-55)46-30-38-28-39(24-26-41(38)53-44-19-8-10-20-49(44)62-54(46)53)61-47-27-23-33-12-6-7-17-40(33)52(47)45-29-35-15-4-5-16-36(35)31-48(45)61/h1-32H. The first kappa shape index (κ1) is 34.5. The van der Waals surface area contributed by atoms with Crippen LogP contribution in [-0.2, 0) is 0 Å². The summed E-state index contributed by atoms with van der Waals surface area (Å²) in [6.07, 6.45) is 0. The topological polar surface area (TPSA) is 56.7 Å². The number of rotatable bonds is 4. The Bertz CT molecular complexity index is 4220. The number of hydrogen-bond donors (Lipinski definition) is 0. The Morgan fingerprint density at radius 1 is 0.381 bits per heavy atom. The molecule has 10 aromatic carbocycles. The van der Waals surface area contributed by atoms with Gasteiger partial charge in [-0.2, -0.15) is 0 Å². The molecule has 0 fully saturated rings. The molecule has 0 atom stereocenters. The molecule has 0 amide bonds. The molecule has 4 heterocycles. The maximum atomic E-state index is 6.82. The fourth-order valence-electron chi connectivity index (χ4n) is 9.88. The monoisotopic (exact) mass is 820 g/mol. The molecule has 0 radical (unpaired) electrons. The predicted octanol–water partition coefficient (Wildman–Crippen LogP) is 15.7. The average molecular weight is 821 g/mol.